The fourth-order valence-corrected chi connectivity index (χ4v) is 3.11. The lowest BCUT2D eigenvalue weighted by atomic mass is 10.2. The van der Waals surface area contributed by atoms with Crippen molar-refractivity contribution >= 4 is 33.2 Å². The number of rotatable bonds is 4. The molecule has 0 aliphatic rings. The van der Waals surface area contributed by atoms with Gasteiger partial charge in [-0.3, -0.25) is 4.79 Å². The molecule has 0 bridgehead atoms. The number of hydrogen-bond acceptors (Lipinski definition) is 2. The van der Waals surface area contributed by atoms with Crippen molar-refractivity contribution in [1.82, 2.24) is 9.88 Å². The van der Waals surface area contributed by atoms with E-state index in [-0.39, 0.29) is 18.0 Å². The quantitative estimate of drug-likeness (QED) is 0.880. The Balaban J connectivity index is 2.16. The SMILES string of the molecule is CC(NC(=O)c1cc(Br)cn1C(C)C)c1cccs1. The van der Waals surface area contributed by atoms with Gasteiger partial charge in [0, 0.05) is 21.6 Å². The van der Waals surface area contributed by atoms with Crippen LogP contribution in [0.3, 0.4) is 0 Å². The van der Waals surface area contributed by atoms with E-state index < -0.39 is 0 Å². The van der Waals surface area contributed by atoms with Crippen LogP contribution in [0.2, 0.25) is 0 Å². The van der Waals surface area contributed by atoms with E-state index in [4.69, 9.17) is 0 Å². The molecule has 1 unspecified atom stereocenters. The number of aromatic nitrogens is 1. The third-order valence-electron chi connectivity index (χ3n) is 2.92. The summed E-state index contributed by atoms with van der Waals surface area (Å²) in [6.07, 6.45) is 1.94. The third kappa shape index (κ3) is 3.28. The Kier molecular flexibility index (Phi) is 4.47. The van der Waals surface area contributed by atoms with Crippen LogP contribution in [-0.2, 0) is 0 Å². The Hall–Kier alpha value is -1.07. The number of nitrogens with zero attached hydrogens (tertiary/aromatic N) is 1. The Bertz CT molecular complexity index is 560. The molecule has 0 aliphatic carbocycles. The van der Waals surface area contributed by atoms with Gasteiger partial charge in [-0.05, 0) is 54.2 Å². The zero-order valence-corrected chi connectivity index (χ0v) is 13.6. The highest BCUT2D eigenvalue weighted by molar-refractivity contribution is 9.10. The van der Waals surface area contributed by atoms with E-state index in [9.17, 15) is 4.79 Å². The largest absolute Gasteiger partial charge is 0.343 e. The molecule has 1 amide bonds. The lowest BCUT2D eigenvalue weighted by molar-refractivity contribution is 0.0929. The molecule has 0 saturated carbocycles. The highest BCUT2D eigenvalue weighted by atomic mass is 79.9. The predicted molar refractivity (Wildman–Crippen MR) is 82.7 cm³/mol. The molecule has 3 nitrogen and oxygen atoms in total. The summed E-state index contributed by atoms with van der Waals surface area (Å²) in [5.74, 6) is -0.0414. The number of amides is 1. The molecular formula is C14H17BrN2OS. The standard InChI is InChI=1S/C14H17BrN2OS/c1-9(2)17-8-11(15)7-12(17)14(18)16-10(3)13-5-4-6-19-13/h4-10H,1-3H3,(H,16,18). The van der Waals surface area contributed by atoms with Crippen molar-refractivity contribution in [2.24, 2.45) is 0 Å². The molecular weight excluding hydrogens is 324 g/mol. The summed E-state index contributed by atoms with van der Waals surface area (Å²) in [6, 6.07) is 6.17. The fraction of sp³-hybridized carbons (Fsp3) is 0.357. The van der Waals surface area contributed by atoms with Gasteiger partial charge in [-0.2, -0.15) is 0 Å². The predicted octanol–water partition coefficient (Wildman–Crippen LogP) is 4.38. The summed E-state index contributed by atoms with van der Waals surface area (Å²) in [7, 11) is 0. The second-order valence-electron chi connectivity index (χ2n) is 4.76. The maximum Gasteiger partial charge on any atom is 0.268 e. The number of carbonyl (C=O) groups is 1. The number of hydrogen-bond donors (Lipinski definition) is 1. The van der Waals surface area contributed by atoms with E-state index in [0.29, 0.717) is 5.69 Å². The molecule has 1 N–H and O–H groups in total. The van der Waals surface area contributed by atoms with E-state index in [1.807, 2.05) is 41.3 Å². The first-order valence-corrected chi connectivity index (χ1v) is 7.88. The molecule has 19 heavy (non-hydrogen) atoms. The van der Waals surface area contributed by atoms with Crippen LogP contribution in [0.4, 0.5) is 0 Å². The maximum atomic E-state index is 12.3. The van der Waals surface area contributed by atoms with Crippen LogP contribution in [-0.4, -0.2) is 10.5 Å². The minimum atomic E-state index is -0.0414. The number of nitrogens with one attached hydrogen (secondary N) is 1. The summed E-state index contributed by atoms with van der Waals surface area (Å²) in [5.41, 5.74) is 0.685. The Morgan fingerprint density at radius 3 is 2.74 bits per heavy atom. The van der Waals surface area contributed by atoms with Crippen molar-refractivity contribution in [1.29, 1.82) is 0 Å². The molecule has 2 aromatic heterocycles. The van der Waals surface area contributed by atoms with Crippen LogP contribution >= 0.6 is 27.3 Å². The average Bonchev–Trinajstić information content (AvgIpc) is 2.96. The minimum absolute atomic E-state index is 0.0294. The maximum absolute atomic E-state index is 12.3. The molecule has 0 spiro atoms. The van der Waals surface area contributed by atoms with Gasteiger partial charge in [-0.25, -0.2) is 0 Å². The molecule has 0 fully saturated rings. The van der Waals surface area contributed by atoms with Crippen LogP contribution in [0.25, 0.3) is 0 Å². The van der Waals surface area contributed by atoms with Gasteiger partial charge in [0.15, 0.2) is 0 Å². The second kappa shape index (κ2) is 5.92. The second-order valence-corrected chi connectivity index (χ2v) is 6.65. The summed E-state index contributed by atoms with van der Waals surface area (Å²) in [4.78, 5) is 13.5. The van der Waals surface area contributed by atoms with Crippen LogP contribution in [0.15, 0.2) is 34.2 Å². The zero-order chi connectivity index (χ0) is 14.0. The molecule has 1 atom stereocenters. The van der Waals surface area contributed by atoms with E-state index in [2.05, 4.69) is 35.1 Å². The molecule has 2 aromatic rings. The van der Waals surface area contributed by atoms with Gasteiger partial charge in [0.25, 0.3) is 5.91 Å². The van der Waals surface area contributed by atoms with Gasteiger partial charge < -0.3 is 9.88 Å². The Morgan fingerprint density at radius 2 is 2.16 bits per heavy atom. The van der Waals surface area contributed by atoms with Crippen molar-refractivity contribution in [2.45, 2.75) is 32.9 Å². The van der Waals surface area contributed by atoms with Gasteiger partial charge in [-0.1, -0.05) is 6.07 Å². The third-order valence-corrected chi connectivity index (χ3v) is 4.41. The number of thiophene rings is 1. The molecule has 102 valence electrons. The van der Waals surface area contributed by atoms with Crippen molar-refractivity contribution in [3.05, 3.63) is 44.8 Å². The average molecular weight is 341 g/mol. The molecule has 5 heteroatoms. The first-order chi connectivity index (χ1) is 8.99. The molecule has 0 saturated heterocycles. The van der Waals surface area contributed by atoms with Gasteiger partial charge in [0.05, 0.1) is 6.04 Å². The van der Waals surface area contributed by atoms with Crippen molar-refractivity contribution in [3.8, 4) is 0 Å². The van der Waals surface area contributed by atoms with E-state index in [1.165, 1.54) is 0 Å². The molecule has 2 rings (SSSR count). The van der Waals surface area contributed by atoms with Gasteiger partial charge in [-0.15, -0.1) is 11.3 Å². The van der Waals surface area contributed by atoms with E-state index in [1.54, 1.807) is 11.3 Å². The number of carbonyl (C=O) groups excluding carboxylic acids is 1. The topological polar surface area (TPSA) is 34.0 Å². The summed E-state index contributed by atoms with van der Waals surface area (Å²) >= 11 is 5.08. The van der Waals surface area contributed by atoms with Crippen molar-refractivity contribution < 1.29 is 4.79 Å². The smallest absolute Gasteiger partial charge is 0.268 e. The first-order valence-electron chi connectivity index (χ1n) is 6.20. The van der Waals surface area contributed by atoms with Gasteiger partial charge in [0.1, 0.15) is 5.69 Å². The molecule has 0 aromatic carbocycles. The highest BCUT2D eigenvalue weighted by Gasteiger charge is 2.17. The van der Waals surface area contributed by atoms with Gasteiger partial charge >= 0.3 is 0 Å². The van der Waals surface area contributed by atoms with E-state index >= 15 is 0 Å². The van der Waals surface area contributed by atoms with Crippen LogP contribution in [0, 0.1) is 0 Å². The Labute approximate surface area is 125 Å². The van der Waals surface area contributed by atoms with Crippen LogP contribution < -0.4 is 5.32 Å². The van der Waals surface area contributed by atoms with Crippen molar-refractivity contribution in [2.75, 3.05) is 0 Å². The highest BCUT2D eigenvalue weighted by Crippen LogP contribution is 2.22. The molecule has 0 aliphatic heterocycles. The van der Waals surface area contributed by atoms with Gasteiger partial charge in [0.2, 0.25) is 0 Å². The minimum Gasteiger partial charge on any atom is -0.343 e. The molecule has 0 radical (unpaired) electrons. The lowest BCUT2D eigenvalue weighted by Crippen LogP contribution is -2.28. The van der Waals surface area contributed by atoms with Crippen LogP contribution in [0.1, 0.15) is 48.2 Å². The monoisotopic (exact) mass is 340 g/mol. The first kappa shape index (κ1) is 14.3. The number of halogens is 1. The van der Waals surface area contributed by atoms with Crippen LogP contribution in [0.5, 0.6) is 0 Å². The normalized spacial score (nSPS) is 12.7. The van der Waals surface area contributed by atoms with E-state index in [0.717, 1.165) is 9.35 Å². The zero-order valence-electron chi connectivity index (χ0n) is 11.2. The summed E-state index contributed by atoms with van der Waals surface area (Å²) < 4.78 is 2.90. The molecule has 2 heterocycles. The fourth-order valence-electron chi connectivity index (χ4n) is 1.93. The van der Waals surface area contributed by atoms with Crippen molar-refractivity contribution in [3.63, 3.8) is 0 Å². The summed E-state index contributed by atoms with van der Waals surface area (Å²) in [5, 5.41) is 5.06. The Morgan fingerprint density at radius 1 is 1.42 bits per heavy atom. The summed E-state index contributed by atoms with van der Waals surface area (Å²) in [6.45, 7) is 6.12. The lowest BCUT2D eigenvalue weighted by Gasteiger charge is -2.15.